The number of rotatable bonds is 3. The van der Waals surface area contributed by atoms with E-state index in [1.807, 2.05) is 0 Å². The number of carbonyl (C=O) groups excluding carboxylic acids is 1. The molecule has 1 saturated heterocycles. The fourth-order valence-corrected chi connectivity index (χ4v) is 1.78. The number of hydrogen-bond donors (Lipinski definition) is 2. The van der Waals surface area contributed by atoms with Crippen molar-refractivity contribution in [2.75, 3.05) is 18.5 Å². The zero-order chi connectivity index (χ0) is 13.1. The van der Waals surface area contributed by atoms with E-state index in [-0.39, 0.29) is 23.1 Å². The van der Waals surface area contributed by atoms with Crippen molar-refractivity contribution in [3.8, 4) is 0 Å². The van der Waals surface area contributed by atoms with Gasteiger partial charge >= 0.3 is 5.97 Å². The highest BCUT2D eigenvalue weighted by molar-refractivity contribution is 6.01. The number of carboxylic acid groups (broad SMARTS) is 1. The van der Waals surface area contributed by atoms with Crippen molar-refractivity contribution in [1.29, 1.82) is 0 Å². The molecule has 1 aromatic carbocycles. The van der Waals surface area contributed by atoms with Crippen molar-refractivity contribution in [3.05, 3.63) is 29.6 Å². The van der Waals surface area contributed by atoms with Gasteiger partial charge in [-0.15, -0.1) is 0 Å². The molecule has 0 aliphatic carbocycles. The summed E-state index contributed by atoms with van der Waals surface area (Å²) in [7, 11) is 0. The molecule has 1 aliphatic heterocycles. The molecule has 6 heteroatoms. The SMILES string of the molecule is O=C(O)c1cc(F)ccc1NC(=O)C1CCOC1. The summed E-state index contributed by atoms with van der Waals surface area (Å²) < 4.78 is 18.0. The molecule has 0 saturated carbocycles. The molecule has 0 spiro atoms. The molecule has 1 amide bonds. The fraction of sp³-hybridized carbons (Fsp3) is 0.333. The number of aromatic carboxylic acids is 1. The van der Waals surface area contributed by atoms with Crippen LogP contribution in [-0.4, -0.2) is 30.2 Å². The van der Waals surface area contributed by atoms with Crippen LogP contribution >= 0.6 is 0 Å². The third-order valence-electron chi connectivity index (χ3n) is 2.77. The summed E-state index contributed by atoms with van der Waals surface area (Å²) in [6, 6.07) is 3.22. The van der Waals surface area contributed by atoms with Crippen LogP contribution in [0.25, 0.3) is 0 Å². The molecule has 1 aromatic rings. The third-order valence-corrected chi connectivity index (χ3v) is 2.77. The van der Waals surface area contributed by atoms with E-state index in [2.05, 4.69) is 5.32 Å². The number of benzene rings is 1. The maximum absolute atomic E-state index is 12.9. The predicted octanol–water partition coefficient (Wildman–Crippen LogP) is 1.50. The molecule has 96 valence electrons. The lowest BCUT2D eigenvalue weighted by Gasteiger charge is -2.11. The molecule has 1 aliphatic rings. The van der Waals surface area contributed by atoms with Gasteiger partial charge in [0.25, 0.3) is 0 Å². The molecule has 18 heavy (non-hydrogen) atoms. The van der Waals surface area contributed by atoms with Crippen LogP contribution in [0.1, 0.15) is 16.8 Å². The number of amides is 1. The number of ether oxygens (including phenoxy) is 1. The van der Waals surface area contributed by atoms with E-state index < -0.39 is 11.8 Å². The van der Waals surface area contributed by atoms with Crippen LogP contribution in [0.4, 0.5) is 10.1 Å². The summed E-state index contributed by atoms with van der Waals surface area (Å²) >= 11 is 0. The lowest BCUT2D eigenvalue weighted by molar-refractivity contribution is -0.119. The minimum Gasteiger partial charge on any atom is -0.478 e. The normalized spacial score (nSPS) is 18.6. The summed E-state index contributed by atoms with van der Waals surface area (Å²) in [5.41, 5.74) is -0.164. The molecule has 0 aromatic heterocycles. The zero-order valence-electron chi connectivity index (χ0n) is 9.48. The van der Waals surface area contributed by atoms with Crippen LogP contribution in [0.5, 0.6) is 0 Å². The first kappa shape index (κ1) is 12.5. The molecule has 1 unspecified atom stereocenters. The van der Waals surface area contributed by atoms with Crippen molar-refractivity contribution in [1.82, 2.24) is 0 Å². The molecule has 0 radical (unpaired) electrons. The molecular weight excluding hydrogens is 241 g/mol. The number of carbonyl (C=O) groups is 2. The van der Waals surface area contributed by atoms with E-state index in [1.165, 1.54) is 6.07 Å². The smallest absolute Gasteiger partial charge is 0.337 e. The summed E-state index contributed by atoms with van der Waals surface area (Å²) in [5, 5.41) is 11.4. The molecule has 2 N–H and O–H groups in total. The van der Waals surface area contributed by atoms with Gasteiger partial charge in [0.1, 0.15) is 5.82 Å². The van der Waals surface area contributed by atoms with E-state index in [1.54, 1.807) is 0 Å². The first-order valence-electron chi connectivity index (χ1n) is 5.49. The van der Waals surface area contributed by atoms with Crippen LogP contribution in [-0.2, 0) is 9.53 Å². The van der Waals surface area contributed by atoms with E-state index in [4.69, 9.17) is 9.84 Å². The Bertz CT molecular complexity index is 483. The van der Waals surface area contributed by atoms with Gasteiger partial charge in [0.05, 0.1) is 23.8 Å². The Kier molecular flexibility index (Phi) is 3.57. The summed E-state index contributed by atoms with van der Waals surface area (Å²) in [6.07, 6.45) is 0.607. The van der Waals surface area contributed by atoms with Gasteiger partial charge in [-0.2, -0.15) is 0 Å². The zero-order valence-corrected chi connectivity index (χ0v) is 9.48. The van der Waals surface area contributed by atoms with Crippen molar-refractivity contribution >= 4 is 17.6 Å². The van der Waals surface area contributed by atoms with Gasteiger partial charge in [-0.3, -0.25) is 4.79 Å². The van der Waals surface area contributed by atoms with E-state index in [0.717, 1.165) is 12.1 Å². The summed E-state index contributed by atoms with van der Waals surface area (Å²) in [6.45, 7) is 0.850. The average molecular weight is 253 g/mol. The van der Waals surface area contributed by atoms with Crippen LogP contribution < -0.4 is 5.32 Å². The largest absolute Gasteiger partial charge is 0.478 e. The van der Waals surface area contributed by atoms with Crippen molar-refractivity contribution < 1.29 is 23.8 Å². The van der Waals surface area contributed by atoms with Gasteiger partial charge in [0.15, 0.2) is 0 Å². The lowest BCUT2D eigenvalue weighted by Crippen LogP contribution is -2.24. The monoisotopic (exact) mass is 253 g/mol. The van der Waals surface area contributed by atoms with Crippen molar-refractivity contribution in [2.24, 2.45) is 5.92 Å². The number of nitrogens with one attached hydrogen (secondary N) is 1. The molecule has 1 fully saturated rings. The van der Waals surface area contributed by atoms with Crippen molar-refractivity contribution in [3.63, 3.8) is 0 Å². The first-order chi connectivity index (χ1) is 8.58. The maximum atomic E-state index is 12.9. The quantitative estimate of drug-likeness (QED) is 0.855. The Morgan fingerprint density at radius 1 is 1.44 bits per heavy atom. The molecular formula is C12H12FNO4. The Hall–Kier alpha value is -1.95. The Balaban J connectivity index is 2.17. The number of carboxylic acids is 1. The Labute approximate surface area is 103 Å². The minimum atomic E-state index is -1.28. The third kappa shape index (κ3) is 2.65. The van der Waals surface area contributed by atoms with Gasteiger partial charge in [0.2, 0.25) is 5.91 Å². The second kappa shape index (κ2) is 5.14. The van der Waals surface area contributed by atoms with E-state index >= 15 is 0 Å². The van der Waals surface area contributed by atoms with Gasteiger partial charge in [0, 0.05) is 6.61 Å². The lowest BCUT2D eigenvalue weighted by atomic mass is 10.1. The minimum absolute atomic E-state index is 0.0980. The Morgan fingerprint density at radius 2 is 2.22 bits per heavy atom. The highest BCUT2D eigenvalue weighted by Gasteiger charge is 2.24. The number of anilines is 1. The van der Waals surface area contributed by atoms with Gasteiger partial charge in [-0.25, -0.2) is 9.18 Å². The number of hydrogen-bond acceptors (Lipinski definition) is 3. The van der Waals surface area contributed by atoms with Crippen molar-refractivity contribution in [2.45, 2.75) is 6.42 Å². The van der Waals surface area contributed by atoms with Gasteiger partial charge in [-0.1, -0.05) is 0 Å². The van der Waals surface area contributed by atoms with Gasteiger partial charge in [-0.05, 0) is 24.6 Å². The maximum Gasteiger partial charge on any atom is 0.337 e. The molecule has 0 bridgehead atoms. The Morgan fingerprint density at radius 3 is 2.83 bits per heavy atom. The van der Waals surface area contributed by atoms with Crippen LogP contribution in [0.2, 0.25) is 0 Å². The van der Waals surface area contributed by atoms with Crippen LogP contribution in [0.15, 0.2) is 18.2 Å². The van der Waals surface area contributed by atoms with Crippen LogP contribution in [0, 0.1) is 11.7 Å². The van der Waals surface area contributed by atoms with E-state index in [9.17, 15) is 14.0 Å². The van der Waals surface area contributed by atoms with Crippen LogP contribution in [0.3, 0.4) is 0 Å². The number of halogens is 1. The second-order valence-corrected chi connectivity index (χ2v) is 4.04. The molecule has 1 heterocycles. The topological polar surface area (TPSA) is 75.6 Å². The standard InChI is InChI=1S/C12H12FNO4/c13-8-1-2-10(9(5-8)12(16)17)14-11(15)7-3-4-18-6-7/h1-2,5,7H,3-4,6H2,(H,14,15)(H,16,17). The van der Waals surface area contributed by atoms with E-state index in [0.29, 0.717) is 19.6 Å². The molecule has 2 rings (SSSR count). The van der Waals surface area contributed by atoms with Gasteiger partial charge < -0.3 is 15.2 Å². The summed E-state index contributed by atoms with van der Waals surface area (Å²) in [4.78, 5) is 22.7. The highest BCUT2D eigenvalue weighted by Crippen LogP contribution is 2.20. The highest BCUT2D eigenvalue weighted by atomic mass is 19.1. The summed E-state index contributed by atoms with van der Waals surface area (Å²) in [5.74, 6) is -2.53. The average Bonchev–Trinajstić information content (AvgIpc) is 2.84. The second-order valence-electron chi connectivity index (χ2n) is 4.04. The fourth-order valence-electron chi connectivity index (χ4n) is 1.78. The molecule has 1 atom stereocenters. The molecule has 5 nitrogen and oxygen atoms in total. The predicted molar refractivity (Wildman–Crippen MR) is 60.9 cm³/mol. The first-order valence-corrected chi connectivity index (χ1v) is 5.49.